The van der Waals surface area contributed by atoms with Crippen LogP contribution in [0.5, 0.6) is 0 Å². The molecule has 1 atom stereocenters. The molecule has 0 aromatic rings. The molecule has 1 aliphatic heterocycles. The van der Waals surface area contributed by atoms with E-state index in [-0.39, 0.29) is 0 Å². The molecule has 0 aliphatic carbocycles. The molecule has 46 valence electrons. The van der Waals surface area contributed by atoms with E-state index < -0.39 is 0 Å². The van der Waals surface area contributed by atoms with Crippen molar-refractivity contribution in [1.29, 1.82) is 0 Å². The summed E-state index contributed by atoms with van der Waals surface area (Å²) in [5, 5.41) is 6.45. The van der Waals surface area contributed by atoms with Crippen LogP contribution < -0.4 is 10.6 Å². The van der Waals surface area contributed by atoms with Crippen LogP contribution in [0.15, 0.2) is 12.3 Å². The summed E-state index contributed by atoms with van der Waals surface area (Å²) in [6.07, 6.45) is 5.72. The first-order valence-electron chi connectivity index (χ1n) is 3.08. The molecule has 2 N–H and O–H groups in total. The van der Waals surface area contributed by atoms with Gasteiger partial charge in [0.05, 0.1) is 6.17 Å². The van der Waals surface area contributed by atoms with Crippen LogP contribution in [0.2, 0.25) is 0 Å². The first-order chi connectivity index (χ1) is 3.93. The molecule has 0 saturated heterocycles. The second-order valence-electron chi connectivity index (χ2n) is 1.94. The number of nitrogens with one attached hydrogen (secondary N) is 2. The van der Waals surface area contributed by atoms with Gasteiger partial charge in [-0.3, -0.25) is 5.32 Å². The highest BCUT2D eigenvalue weighted by atomic mass is 15.1. The lowest BCUT2D eigenvalue weighted by Gasteiger charge is -2.19. The van der Waals surface area contributed by atoms with E-state index in [2.05, 4.69) is 23.6 Å². The number of hydrogen-bond acceptors (Lipinski definition) is 2. The molecule has 1 unspecified atom stereocenters. The number of rotatable bonds is 1. The zero-order valence-electron chi connectivity index (χ0n) is 5.15. The van der Waals surface area contributed by atoms with E-state index in [0.717, 1.165) is 13.0 Å². The summed E-state index contributed by atoms with van der Waals surface area (Å²) < 4.78 is 0. The summed E-state index contributed by atoms with van der Waals surface area (Å²) in [6.45, 7) is 3.16. The van der Waals surface area contributed by atoms with Gasteiger partial charge in [0.25, 0.3) is 0 Å². The normalized spacial score (nSPS) is 27.4. The van der Waals surface area contributed by atoms with E-state index in [1.807, 2.05) is 6.20 Å². The van der Waals surface area contributed by atoms with E-state index in [1.54, 1.807) is 0 Å². The van der Waals surface area contributed by atoms with Crippen LogP contribution in [0.1, 0.15) is 13.3 Å². The maximum atomic E-state index is 3.27. The first kappa shape index (κ1) is 5.63. The molecule has 2 nitrogen and oxygen atoms in total. The van der Waals surface area contributed by atoms with E-state index >= 15 is 0 Å². The van der Waals surface area contributed by atoms with Crippen LogP contribution in [-0.2, 0) is 0 Å². The molecule has 0 bridgehead atoms. The molecule has 1 rings (SSSR count). The van der Waals surface area contributed by atoms with Crippen molar-refractivity contribution in [3.63, 3.8) is 0 Å². The van der Waals surface area contributed by atoms with Crippen LogP contribution in [-0.4, -0.2) is 12.7 Å². The standard InChI is InChI=1S/C6H12N2/c1-2-6-7-4-3-5-8-6/h3-4,6-8H,2,5H2,1H3. The maximum absolute atomic E-state index is 3.27. The molecule has 0 aromatic carbocycles. The average Bonchev–Trinajstić information content (AvgIpc) is 1.90. The van der Waals surface area contributed by atoms with Crippen LogP contribution in [0.4, 0.5) is 0 Å². The largest absolute Gasteiger partial charge is 0.376 e. The van der Waals surface area contributed by atoms with E-state index in [4.69, 9.17) is 0 Å². The summed E-state index contributed by atoms with van der Waals surface area (Å²) in [4.78, 5) is 0. The van der Waals surface area contributed by atoms with Crippen molar-refractivity contribution in [2.45, 2.75) is 19.5 Å². The van der Waals surface area contributed by atoms with Crippen molar-refractivity contribution in [1.82, 2.24) is 10.6 Å². The van der Waals surface area contributed by atoms with Gasteiger partial charge in [-0.15, -0.1) is 0 Å². The predicted octanol–water partition coefficient (Wildman–Crippen LogP) is 0.429. The fourth-order valence-corrected chi connectivity index (χ4v) is 0.775. The highest BCUT2D eigenvalue weighted by Gasteiger charge is 2.01. The van der Waals surface area contributed by atoms with Crippen molar-refractivity contribution >= 4 is 0 Å². The van der Waals surface area contributed by atoms with Crippen molar-refractivity contribution in [2.75, 3.05) is 6.54 Å². The molecule has 8 heavy (non-hydrogen) atoms. The van der Waals surface area contributed by atoms with Gasteiger partial charge in [0.15, 0.2) is 0 Å². The Labute approximate surface area is 50.0 Å². The Kier molecular flexibility index (Phi) is 1.92. The zero-order chi connectivity index (χ0) is 5.82. The summed E-state index contributed by atoms with van der Waals surface area (Å²) >= 11 is 0. The minimum Gasteiger partial charge on any atom is -0.376 e. The van der Waals surface area contributed by atoms with Gasteiger partial charge in [0, 0.05) is 6.54 Å². The van der Waals surface area contributed by atoms with Gasteiger partial charge in [-0.2, -0.15) is 0 Å². The van der Waals surface area contributed by atoms with Gasteiger partial charge in [0.1, 0.15) is 0 Å². The second-order valence-corrected chi connectivity index (χ2v) is 1.94. The summed E-state index contributed by atoms with van der Waals surface area (Å²) in [5.41, 5.74) is 0. The maximum Gasteiger partial charge on any atom is 0.0762 e. The topological polar surface area (TPSA) is 24.1 Å². The molecule has 0 aromatic heterocycles. The van der Waals surface area contributed by atoms with Crippen molar-refractivity contribution in [3.8, 4) is 0 Å². The Morgan fingerprint density at radius 3 is 3.00 bits per heavy atom. The quantitative estimate of drug-likeness (QED) is 0.514. The Bertz CT molecular complexity index is 88.5. The predicted molar refractivity (Wildman–Crippen MR) is 34.4 cm³/mol. The molecule has 2 heteroatoms. The third kappa shape index (κ3) is 1.23. The smallest absolute Gasteiger partial charge is 0.0762 e. The average molecular weight is 112 g/mol. The highest BCUT2D eigenvalue weighted by molar-refractivity contribution is 4.89. The minimum absolute atomic E-state index is 0.500. The van der Waals surface area contributed by atoms with Crippen molar-refractivity contribution in [3.05, 3.63) is 12.3 Å². The van der Waals surface area contributed by atoms with Crippen molar-refractivity contribution < 1.29 is 0 Å². The van der Waals surface area contributed by atoms with Crippen LogP contribution in [0.25, 0.3) is 0 Å². The van der Waals surface area contributed by atoms with Gasteiger partial charge in [0.2, 0.25) is 0 Å². The SMILES string of the molecule is CCC1NC=CCN1. The Hall–Kier alpha value is -0.500. The first-order valence-corrected chi connectivity index (χ1v) is 3.08. The molecule has 0 radical (unpaired) electrons. The number of hydrogen-bond donors (Lipinski definition) is 2. The van der Waals surface area contributed by atoms with E-state index in [0.29, 0.717) is 6.17 Å². The van der Waals surface area contributed by atoms with Crippen LogP contribution in [0.3, 0.4) is 0 Å². The molecule has 1 aliphatic rings. The van der Waals surface area contributed by atoms with E-state index in [9.17, 15) is 0 Å². The minimum atomic E-state index is 0.500. The lowest BCUT2D eigenvalue weighted by molar-refractivity contribution is 0.464. The lowest BCUT2D eigenvalue weighted by Crippen LogP contribution is -2.41. The second kappa shape index (κ2) is 2.72. The summed E-state index contributed by atoms with van der Waals surface area (Å²) in [7, 11) is 0. The Balaban J connectivity index is 2.27. The molecule has 0 fully saturated rings. The van der Waals surface area contributed by atoms with Gasteiger partial charge in [-0.25, -0.2) is 0 Å². The Morgan fingerprint density at radius 2 is 2.62 bits per heavy atom. The molecular weight excluding hydrogens is 100 g/mol. The van der Waals surface area contributed by atoms with Gasteiger partial charge in [-0.05, 0) is 12.6 Å². The fourth-order valence-electron chi connectivity index (χ4n) is 0.775. The van der Waals surface area contributed by atoms with Gasteiger partial charge >= 0.3 is 0 Å². The van der Waals surface area contributed by atoms with Gasteiger partial charge < -0.3 is 5.32 Å². The van der Waals surface area contributed by atoms with Crippen molar-refractivity contribution in [2.24, 2.45) is 0 Å². The fraction of sp³-hybridized carbons (Fsp3) is 0.667. The van der Waals surface area contributed by atoms with Crippen LogP contribution in [0, 0.1) is 0 Å². The third-order valence-electron chi connectivity index (χ3n) is 1.31. The molecule has 1 heterocycles. The summed E-state index contributed by atoms with van der Waals surface area (Å²) in [6, 6.07) is 0. The monoisotopic (exact) mass is 112 g/mol. The highest BCUT2D eigenvalue weighted by Crippen LogP contribution is 1.88. The van der Waals surface area contributed by atoms with Crippen LogP contribution >= 0.6 is 0 Å². The van der Waals surface area contributed by atoms with Gasteiger partial charge in [-0.1, -0.05) is 13.0 Å². The van der Waals surface area contributed by atoms with E-state index in [1.165, 1.54) is 0 Å². The third-order valence-corrected chi connectivity index (χ3v) is 1.31. The lowest BCUT2D eigenvalue weighted by atomic mass is 10.3. The molecule has 0 saturated carbocycles. The molecule has 0 amide bonds. The molecule has 0 spiro atoms. The summed E-state index contributed by atoms with van der Waals surface area (Å²) in [5.74, 6) is 0. The molecular formula is C6H12N2. The zero-order valence-corrected chi connectivity index (χ0v) is 5.15. The Morgan fingerprint density at radius 1 is 1.75 bits per heavy atom.